The summed E-state index contributed by atoms with van der Waals surface area (Å²) in [6.45, 7) is 3.77. The van der Waals surface area contributed by atoms with Crippen molar-refractivity contribution in [1.29, 1.82) is 5.26 Å². The first-order chi connectivity index (χ1) is 13.0. The molecular weight excluding hydrogens is 338 g/mol. The van der Waals surface area contributed by atoms with E-state index in [1.54, 1.807) is 10.6 Å². The van der Waals surface area contributed by atoms with Crippen LogP contribution in [0.3, 0.4) is 0 Å². The van der Waals surface area contributed by atoms with Gasteiger partial charge < -0.3 is 10.4 Å². The summed E-state index contributed by atoms with van der Waals surface area (Å²) in [7, 11) is 0. The van der Waals surface area contributed by atoms with E-state index < -0.39 is 0 Å². The summed E-state index contributed by atoms with van der Waals surface area (Å²) in [6, 6.07) is 17.1. The van der Waals surface area contributed by atoms with Crippen LogP contribution in [-0.2, 0) is 0 Å². The number of para-hydroxylation sites is 1. The van der Waals surface area contributed by atoms with Crippen molar-refractivity contribution in [2.24, 2.45) is 0 Å². The lowest BCUT2D eigenvalue weighted by molar-refractivity contribution is 0.467. The van der Waals surface area contributed by atoms with E-state index >= 15 is 0 Å². The molecular formula is C21H17N5O. The van der Waals surface area contributed by atoms with Crippen LogP contribution in [0.25, 0.3) is 16.8 Å². The molecule has 0 atom stereocenters. The molecule has 132 valence electrons. The number of fused-ring (bicyclic) bond motifs is 1. The Balaban J connectivity index is 1.71. The number of pyridine rings is 1. The molecule has 0 spiro atoms. The fourth-order valence-electron chi connectivity index (χ4n) is 3.04. The van der Waals surface area contributed by atoms with Gasteiger partial charge in [0.05, 0.1) is 11.3 Å². The average molecular weight is 355 g/mol. The summed E-state index contributed by atoms with van der Waals surface area (Å²) < 4.78 is 1.70. The molecule has 4 aromatic rings. The number of aromatic hydroxyl groups is 1. The van der Waals surface area contributed by atoms with E-state index in [1.165, 1.54) is 0 Å². The van der Waals surface area contributed by atoms with Crippen LogP contribution >= 0.6 is 0 Å². The van der Waals surface area contributed by atoms with Crippen molar-refractivity contribution in [3.63, 3.8) is 0 Å². The third kappa shape index (κ3) is 3.07. The number of rotatable bonds is 3. The third-order valence-corrected chi connectivity index (χ3v) is 4.45. The number of aromatic nitrogens is 3. The van der Waals surface area contributed by atoms with Gasteiger partial charge in [0.2, 0.25) is 5.95 Å². The number of hydrogen-bond donors (Lipinski definition) is 2. The molecule has 2 aromatic carbocycles. The van der Waals surface area contributed by atoms with Gasteiger partial charge in [0.1, 0.15) is 11.8 Å². The van der Waals surface area contributed by atoms with Gasteiger partial charge >= 0.3 is 0 Å². The lowest BCUT2D eigenvalue weighted by atomic mass is 10.0. The molecule has 0 saturated carbocycles. The molecule has 27 heavy (non-hydrogen) atoms. The first-order valence-electron chi connectivity index (χ1n) is 8.48. The molecule has 0 aliphatic heterocycles. The van der Waals surface area contributed by atoms with Crippen molar-refractivity contribution in [2.45, 2.75) is 13.8 Å². The van der Waals surface area contributed by atoms with Crippen molar-refractivity contribution >= 4 is 17.3 Å². The van der Waals surface area contributed by atoms with Crippen molar-refractivity contribution in [1.82, 2.24) is 14.6 Å². The van der Waals surface area contributed by atoms with Crippen molar-refractivity contribution in [3.8, 4) is 22.9 Å². The summed E-state index contributed by atoms with van der Waals surface area (Å²) in [5.41, 5.74) is 5.54. The van der Waals surface area contributed by atoms with Gasteiger partial charge in [-0.15, -0.1) is 5.10 Å². The van der Waals surface area contributed by atoms with Crippen LogP contribution in [0.2, 0.25) is 0 Å². The summed E-state index contributed by atoms with van der Waals surface area (Å²) in [4.78, 5) is 4.46. The minimum absolute atomic E-state index is 0.322. The maximum Gasteiger partial charge on any atom is 0.247 e. The zero-order valence-corrected chi connectivity index (χ0v) is 14.9. The topological polar surface area (TPSA) is 86.2 Å². The molecule has 0 bridgehead atoms. The van der Waals surface area contributed by atoms with Crippen LogP contribution in [0.5, 0.6) is 5.75 Å². The van der Waals surface area contributed by atoms with Gasteiger partial charge in [-0.25, -0.2) is 4.52 Å². The van der Waals surface area contributed by atoms with E-state index in [2.05, 4.69) is 21.5 Å². The molecule has 4 rings (SSSR count). The van der Waals surface area contributed by atoms with Crippen molar-refractivity contribution in [3.05, 3.63) is 71.4 Å². The zero-order valence-electron chi connectivity index (χ0n) is 14.9. The third-order valence-electron chi connectivity index (χ3n) is 4.45. The number of aryl methyl sites for hydroxylation is 2. The number of nitrogens with one attached hydrogen (secondary N) is 1. The van der Waals surface area contributed by atoms with Crippen molar-refractivity contribution < 1.29 is 5.11 Å². The van der Waals surface area contributed by atoms with Gasteiger partial charge in [-0.3, -0.25) is 0 Å². The fraction of sp³-hybridized carbons (Fsp3) is 0.0952. The zero-order chi connectivity index (χ0) is 19.0. The molecule has 0 amide bonds. The maximum atomic E-state index is 9.98. The summed E-state index contributed by atoms with van der Waals surface area (Å²) in [5, 5.41) is 26.8. The highest BCUT2D eigenvalue weighted by molar-refractivity contribution is 5.69. The molecule has 2 aromatic heterocycles. The molecule has 6 heteroatoms. The summed E-state index contributed by atoms with van der Waals surface area (Å²) in [5.74, 6) is 0.746. The SMILES string of the molecule is Cc1cc(-c2ccc3nc(Nc4ccccc4C#N)nn3c2)cc(C)c1O. The summed E-state index contributed by atoms with van der Waals surface area (Å²) >= 11 is 0. The fourth-order valence-corrected chi connectivity index (χ4v) is 3.04. The Labute approximate surface area is 156 Å². The highest BCUT2D eigenvalue weighted by Crippen LogP contribution is 2.29. The second-order valence-electron chi connectivity index (χ2n) is 6.40. The lowest BCUT2D eigenvalue weighted by Crippen LogP contribution is -1.95. The Hall–Kier alpha value is -3.85. The standard InChI is InChI=1S/C21H17N5O/c1-13-9-17(10-14(2)20(13)27)16-7-8-19-24-21(25-26(19)12-16)23-18-6-4-3-5-15(18)11-22/h3-10,12,27H,1-2H3,(H,23,25). The highest BCUT2D eigenvalue weighted by Gasteiger charge is 2.10. The van der Waals surface area contributed by atoms with E-state index in [0.717, 1.165) is 22.3 Å². The van der Waals surface area contributed by atoms with Gasteiger partial charge in [-0.05, 0) is 66.9 Å². The number of hydrogen-bond acceptors (Lipinski definition) is 5. The molecule has 0 unspecified atom stereocenters. The minimum atomic E-state index is 0.322. The predicted molar refractivity (Wildman–Crippen MR) is 104 cm³/mol. The van der Waals surface area contributed by atoms with E-state index in [9.17, 15) is 10.4 Å². The molecule has 0 radical (unpaired) electrons. The quantitative estimate of drug-likeness (QED) is 0.571. The van der Waals surface area contributed by atoms with Crippen LogP contribution in [0.4, 0.5) is 11.6 Å². The maximum absolute atomic E-state index is 9.98. The monoisotopic (exact) mass is 355 g/mol. The first-order valence-corrected chi connectivity index (χ1v) is 8.48. The Bertz CT molecular complexity index is 1180. The molecule has 2 heterocycles. The second-order valence-corrected chi connectivity index (χ2v) is 6.40. The van der Waals surface area contributed by atoms with Crippen LogP contribution in [0.1, 0.15) is 16.7 Å². The molecule has 0 aliphatic carbocycles. The molecule has 0 fully saturated rings. The van der Waals surface area contributed by atoms with Gasteiger partial charge in [0.25, 0.3) is 0 Å². The number of nitriles is 1. The second kappa shape index (κ2) is 6.46. The predicted octanol–water partition coefficient (Wildman–Crippen LogP) is 4.33. The van der Waals surface area contributed by atoms with Gasteiger partial charge in [0.15, 0.2) is 5.65 Å². The molecule has 0 saturated heterocycles. The smallest absolute Gasteiger partial charge is 0.247 e. The largest absolute Gasteiger partial charge is 0.507 e. The Morgan fingerprint density at radius 3 is 2.52 bits per heavy atom. The average Bonchev–Trinajstić information content (AvgIpc) is 3.07. The first kappa shape index (κ1) is 16.6. The van der Waals surface area contributed by atoms with Crippen LogP contribution in [0, 0.1) is 25.2 Å². The van der Waals surface area contributed by atoms with E-state index in [1.807, 2.05) is 62.5 Å². The number of anilines is 2. The number of benzene rings is 2. The van der Waals surface area contributed by atoms with E-state index in [0.29, 0.717) is 28.6 Å². The Morgan fingerprint density at radius 2 is 1.78 bits per heavy atom. The van der Waals surface area contributed by atoms with E-state index in [4.69, 9.17) is 0 Å². The molecule has 0 aliphatic rings. The van der Waals surface area contributed by atoms with Crippen LogP contribution in [0.15, 0.2) is 54.7 Å². The van der Waals surface area contributed by atoms with Gasteiger partial charge in [-0.2, -0.15) is 10.2 Å². The van der Waals surface area contributed by atoms with E-state index in [-0.39, 0.29) is 0 Å². The Morgan fingerprint density at radius 1 is 1.04 bits per heavy atom. The molecule has 2 N–H and O–H groups in total. The summed E-state index contributed by atoms with van der Waals surface area (Å²) in [6.07, 6.45) is 1.90. The number of nitrogens with zero attached hydrogens (tertiary/aromatic N) is 4. The number of phenols is 1. The molecule has 6 nitrogen and oxygen atoms in total. The normalized spacial score (nSPS) is 10.7. The number of phenolic OH excluding ortho intramolecular Hbond substituents is 1. The van der Waals surface area contributed by atoms with Crippen LogP contribution in [-0.4, -0.2) is 19.7 Å². The van der Waals surface area contributed by atoms with Crippen molar-refractivity contribution in [2.75, 3.05) is 5.32 Å². The van der Waals surface area contributed by atoms with Crippen LogP contribution < -0.4 is 5.32 Å². The van der Waals surface area contributed by atoms with Gasteiger partial charge in [0, 0.05) is 11.8 Å². The lowest BCUT2D eigenvalue weighted by Gasteiger charge is -2.08. The highest BCUT2D eigenvalue weighted by atomic mass is 16.3. The minimum Gasteiger partial charge on any atom is -0.507 e. The van der Waals surface area contributed by atoms with Gasteiger partial charge in [-0.1, -0.05) is 12.1 Å². The Kier molecular flexibility index (Phi) is 3.98.